The Bertz CT molecular complexity index is 543. The van der Waals surface area contributed by atoms with E-state index in [2.05, 4.69) is 11.9 Å². The Labute approximate surface area is 118 Å². The van der Waals surface area contributed by atoms with Gasteiger partial charge in [0.05, 0.1) is 5.92 Å². The highest BCUT2D eigenvalue weighted by atomic mass is 16.5. The number of aromatic nitrogens is 1. The maximum atomic E-state index is 12.1. The van der Waals surface area contributed by atoms with Gasteiger partial charge in [-0.15, -0.1) is 0 Å². The molecule has 0 amide bonds. The van der Waals surface area contributed by atoms with Gasteiger partial charge in [0.2, 0.25) is 0 Å². The molecule has 3 rings (SSSR count). The van der Waals surface area contributed by atoms with E-state index in [9.17, 15) is 4.79 Å². The van der Waals surface area contributed by atoms with Crippen molar-refractivity contribution in [3.8, 4) is 0 Å². The third kappa shape index (κ3) is 2.72. The molecule has 1 saturated carbocycles. The summed E-state index contributed by atoms with van der Waals surface area (Å²) in [6.45, 7) is 2.08. The molecule has 3 atom stereocenters. The molecular formula is C17H17NO2. The monoisotopic (exact) mass is 267 g/mol. The second kappa shape index (κ2) is 5.45. The third-order valence-corrected chi connectivity index (χ3v) is 3.76. The first kappa shape index (κ1) is 12.9. The van der Waals surface area contributed by atoms with Crippen molar-refractivity contribution in [2.75, 3.05) is 0 Å². The first-order valence-corrected chi connectivity index (χ1v) is 6.91. The lowest BCUT2D eigenvalue weighted by Gasteiger charge is -2.18. The number of nitrogens with zero attached hydrogens (tertiary/aromatic N) is 1. The van der Waals surface area contributed by atoms with Crippen molar-refractivity contribution in [2.24, 2.45) is 11.8 Å². The number of carbonyl (C=O) groups is 1. The van der Waals surface area contributed by atoms with Crippen LogP contribution in [0.1, 0.15) is 30.6 Å². The summed E-state index contributed by atoms with van der Waals surface area (Å²) in [7, 11) is 0. The number of hydrogen-bond acceptors (Lipinski definition) is 3. The lowest BCUT2D eigenvalue weighted by atomic mass is 10.0. The number of carbonyl (C=O) groups excluding carboxylic acids is 1. The standard InChI is InChI=1S/C17H17NO2/c1-12-11-15(12)17(19)20-16(13-5-3-2-4-6-13)14-7-9-18-10-8-14/h2-10,12,15-16H,11H2,1H3/t12-,15-,16-/m1/s1. The van der Waals surface area contributed by atoms with Crippen LogP contribution in [0.2, 0.25) is 0 Å². The normalized spacial score (nSPS) is 22.1. The minimum atomic E-state index is -0.348. The van der Waals surface area contributed by atoms with Crippen molar-refractivity contribution in [1.82, 2.24) is 4.98 Å². The van der Waals surface area contributed by atoms with Gasteiger partial charge in [0.25, 0.3) is 0 Å². The molecule has 1 aliphatic carbocycles. The summed E-state index contributed by atoms with van der Waals surface area (Å²) in [6, 6.07) is 13.6. The van der Waals surface area contributed by atoms with Crippen LogP contribution in [0.4, 0.5) is 0 Å². The second-order valence-corrected chi connectivity index (χ2v) is 5.33. The van der Waals surface area contributed by atoms with Crippen molar-refractivity contribution in [1.29, 1.82) is 0 Å². The Hall–Kier alpha value is -2.16. The maximum absolute atomic E-state index is 12.1. The van der Waals surface area contributed by atoms with Crippen LogP contribution in [0.3, 0.4) is 0 Å². The summed E-state index contributed by atoms with van der Waals surface area (Å²) in [6.07, 6.45) is 4.04. The molecule has 1 heterocycles. The highest BCUT2D eigenvalue weighted by Gasteiger charge is 2.41. The predicted molar refractivity (Wildman–Crippen MR) is 75.9 cm³/mol. The zero-order chi connectivity index (χ0) is 13.9. The molecular weight excluding hydrogens is 250 g/mol. The number of rotatable bonds is 4. The van der Waals surface area contributed by atoms with E-state index < -0.39 is 0 Å². The fourth-order valence-electron chi connectivity index (χ4n) is 2.35. The molecule has 0 N–H and O–H groups in total. The van der Waals surface area contributed by atoms with Gasteiger partial charge in [-0.3, -0.25) is 9.78 Å². The largest absolute Gasteiger partial charge is 0.452 e. The van der Waals surface area contributed by atoms with E-state index in [1.807, 2.05) is 42.5 Å². The van der Waals surface area contributed by atoms with Gasteiger partial charge < -0.3 is 4.74 Å². The third-order valence-electron chi connectivity index (χ3n) is 3.76. The average Bonchev–Trinajstić information content (AvgIpc) is 3.23. The molecule has 1 fully saturated rings. The Balaban J connectivity index is 1.86. The first-order valence-electron chi connectivity index (χ1n) is 6.91. The van der Waals surface area contributed by atoms with Crippen LogP contribution in [0.15, 0.2) is 54.9 Å². The summed E-state index contributed by atoms with van der Waals surface area (Å²) in [4.78, 5) is 16.2. The summed E-state index contributed by atoms with van der Waals surface area (Å²) in [5.74, 6) is 0.433. The predicted octanol–water partition coefficient (Wildman–Crippen LogP) is 3.37. The Morgan fingerprint density at radius 2 is 1.75 bits per heavy atom. The van der Waals surface area contributed by atoms with Crippen LogP contribution >= 0.6 is 0 Å². The maximum Gasteiger partial charge on any atom is 0.310 e. The van der Waals surface area contributed by atoms with Gasteiger partial charge in [0, 0.05) is 18.0 Å². The molecule has 0 unspecified atom stereocenters. The van der Waals surface area contributed by atoms with Gasteiger partial charge in [0.15, 0.2) is 6.10 Å². The molecule has 0 aliphatic heterocycles. The van der Waals surface area contributed by atoms with Crippen LogP contribution < -0.4 is 0 Å². The molecule has 3 nitrogen and oxygen atoms in total. The van der Waals surface area contributed by atoms with Gasteiger partial charge in [-0.25, -0.2) is 0 Å². The van der Waals surface area contributed by atoms with Gasteiger partial charge >= 0.3 is 5.97 Å². The van der Waals surface area contributed by atoms with Crippen molar-refractivity contribution in [2.45, 2.75) is 19.4 Å². The molecule has 1 aliphatic rings. The highest BCUT2D eigenvalue weighted by Crippen LogP contribution is 2.40. The van der Waals surface area contributed by atoms with E-state index in [1.165, 1.54) is 0 Å². The van der Waals surface area contributed by atoms with E-state index >= 15 is 0 Å². The number of esters is 1. The molecule has 0 saturated heterocycles. The molecule has 1 aromatic carbocycles. The number of pyridine rings is 1. The number of ether oxygens (including phenoxy) is 1. The van der Waals surface area contributed by atoms with Crippen LogP contribution in [-0.4, -0.2) is 11.0 Å². The Morgan fingerprint density at radius 1 is 1.15 bits per heavy atom. The van der Waals surface area contributed by atoms with Crippen LogP contribution in [0.5, 0.6) is 0 Å². The lowest BCUT2D eigenvalue weighted by Crippen LogP contribution is -2.14. The fraction of sp³-hybridized carbons (Fsp3) is 0.294. The van der Waals surface area contributed by atoms with Crippen molar-refractivity contribution >= 4 is 5.97 Å². The van der Waals surface area contributed by atoms with Crippen molar-refractivity contribution in [3.63, 3.8) is 0 Å². The van der Waals surface area contributed by atoms with E-state index in [0.717, 1.165) is 17.5 Å². The molecule has 0 spiro atoms. The molecule has 1 aromatic heterocycles. The smallest absolute Gasteiger partial charge is 0.310 e. The summed E-state index contributed by atoms with van der Waals surface area (Å²) >= 11 is 0. The molecule has 2 aromatic rings. The summed E-state index contributed by atoms with van der Waals surface area (Å²) in [5, 5.41) is 0. The van der Waals surface area contributed by atoms with Crippen LogP contribution in [-0.2, 0) is 9.53 Å². The molecule has 3 heteroatoms. The second-order valence-electron chi connectivity index (χ2n) is 5.33. The minimum Gasteiger partial charge on any atom is -0.452 e. The first-order chi connectivity index (χ1) is 9.75. The lowest BCUT2D eigenvalue weighted by molar-refractivity contribution is -0.149. The van der Waals surface area contributed by atoms with Crippen molar-refractivity contribution < 1.29 is 9.53 Å². The van der Waals surface area contributed by atoms with E-state index in [1.54, 1.807) is 12.4 Å². The Kier molecular flexibility index (Phi) is 3.50. The van der Waals surface area contributed by atoms with Gasteiger partial charge in [0.1, 0.15) is 0 Å². The molecule has 0 bridgehead atoms. The molecule has 0 radical (unpaired) electrons. The SMILES string of the molecule is C[C@@H]1C[C@H]1C(=O)O[C@H](c1ccccc1)c1ccncc1. The zero-order valence-electron chi connectivity index (χ0n) is 11.4. The molecule has 20 heavy (non-hydrogen) atoms. The quantitative estimate of drug-likeness (QED) is 0.797. The van der Waals surface area contributed by atoms with Crippen LogP contribution in [0, 0.1) is 11.8 Å². The Morgan fingerprint density at radius 3 is 2.35 bits per heavy atom. The highest BCUT2D eigenvalue weighted by molar-refractivity contribution is 5.76. The van der Waals surface area contributed by atoms with Crippen LogP contribution in [0.25, 0.3) is 0 Å². The van der Waals surface area contributed by atoms with Gasteiger partial charge in [-0.05, 0) is 30.0 Å². The minimum absolute atomic E-state index is 0.0723. The molecule has 102 valence electrons. The van der Waals surface area contributed by atoms with E-state index in [4.69, 9.17) is 4.74 Å². The van der Waals surface area contributed by atoms with Gasteiger partial charge in [-0.1, -0.05) is 37.3 Å². The number of hydrogen-bond donors (Lipinski definition) is 0. The van der Waals surface area contributed by atoms with E-state index in [-0.39, 0.29) is 18.0 Å². The summed E-state index contributed by atoms with van der Waals surface area (Å²) < 4.78 is 5.75. The van der Waals surface area contributed by atoms with Gasteiger partial charge in [-0.2, -0.15) is 0 Å². The zero-order valence-corrected chi connectivity index (χ0v) is 11.4. The van der Waals surface area contributed by atoms with Crippen molar-refractivity contribution in [3.05, 3.63) is 66.0 Å². The number of benzene rings is 1. The fourth-order valence-corrected chi connectivity index (χ4v) is 2.35. The average molecular weight is 267 g/mol. The summed E-state index contributed by atoms with van der Waals surface area (Å²) in [5.41, 5.74) is 1.94. The topological polar surface area (TPSA) is 39.2 Å². The van der Waals surface area contributed by atoms with E-state index in [0.29, 0.717) is 5.92 Å².